The van der Waals surface area contributed by atoms with E-state index in [-0.39, 0.29) is 11.5 Å². The second-order valence-corrected chi connectivity index (χ2v) is 10.3. The van der Waals surface area contributed by atoms with E-state index in [0.717, 1.165) is 51.6 Å². The van der Waals surface area contributed by atoms with E-state index >= 15 is 0 Å². The fourth-order valence-electron chi connectivity index (χ4n) is 4.20. The van der Waals surface area contributed by atoms with Crippen molar-refractivity contribution in [2.75, 3.05) is 24.5 Å². The SMILES string of the molecule is CCCCCCN1C(=O)C(=Cc2c(N3CCC(C)CC3)nc3ccccn3c2=O)SC1=S. The summed E-state index contributed by atoms with van der Waals surface area (Å²) in [6.07, 6.45) is 9.89. The summed E-state index contributed by atoms with van der Waals surface area (Å²) < 4.78 is 2.12. The van der Waals surface area contributed by atoms with E-state index in [1.54, 1.807) is 21.6 Å². The van der Waals surface area contributed by atoms with Crippen molar-refractivity contribution in [3.05, 3.63) is 45.2 Å². The van der Waals surface area contributed by atoms with Crippen molar-refractivity contribution in [1.29, 1.82) is 0 Å². The molecule has 0 saturated carbocycles. The highest BCUT2D eigenvalue weighted by Crippen LogP contribution is 2.34. The first kappa shape index (κ1) is 23.0. The quantitative estimate of drug-likeness (QED) is 0.332. The molecule has 2 aliphatic heterocycles. The molecule has 2 aliphatic rings. The number of rotatable bonds is 7. The average molecular weight is 471 g/mol. The molecular weight excluding hydrogens is 440 g/mol. The number of nitrogens with zero attached hydrogens (tertiary/aromatic N) is 4. The zero-order valence-electron chi connectivity index (χ0n) is 18.7. The monoisotopic (exact) mass is 470 g/mol. The van der Waals surface area contributed by atoms with Crippen molar-refractivity contribution >= 4 is 51.7 Å². The third-order valence-electron chi connectivity index (χ3n) is 6.22. The molecule has 0 bridgehead atoms. The van der Waals surface area contributed by atoms with E-state index in [1.807, 2.05) is 18.2 Å². The minimum absolute atomic E-state index is 0.104. The Morgan fingerprint density at radius 3 is 2.72 bits per heavy atom. The van der Waals surface area contributed by atoms with Gasteiger partial charge in [0.15, 0.2) is 0 Å². The summed E-state index contributed by atoms with van der Waals surface area (Å²) in [6.45, 7) is 6.77. The van der Waals surface area contributed by atoms with E-state index in [1.165, 1.54) is 11.8 Å². The van der Waals surface area contributed by atoms with Gasteiger partial charge in [0.1, 0.15) is 15.8 Å². The lowest BCUT2D eigenvalue weighted by Crippen LogP contribution is -2.36. The number of hydrogen-bond acceptors (Lipinski definition) is 6. The number of aromatic nitrogens is 2. The third-order valence-corrected chi connectivity index (χ3v) is 7.59. The Balaban J connectivity index is 1.70. The molecule has 0 radical (unpaired) electrons. The summed E-state index contributed by atoms with van der Waals surface area (Å²) in [4.78, 5) is 35.7. The maximum atomic E-state index is 13.4. The molecule has 4 rings (SSSR count). The molecule has 2 saturated heterocycles. The van der Waals surface area contributed by atoms with Crippen molar-refractivity contribution < 1.29 is 4.79 Å². The number of hydrogen-bond donors (Lipinski definition) is 0. The standard InChI is InChI=1S/C24H30N4O2S2/c1-3-4-5-7-13-28-23(30)19(32-24(28)31)16-18-21(26-14-10-17(2)11-15-26)25-20-9-6-8-12-27(20)22(18)29/h6,8-9,12,16-17H,3-5,7,10-11,13-15H2,1-2H3. The fourth-order valence-corrected chi connectivity index (χ4v) is 5.49. The number of carbonyl (C=O) groups excluding carboxylic acids is 1. The zero-order valence-corrected chi connectivity index (χ0v) is 20.4. The van der Waals surface area contributed by atoms with Gasteiger partial charge in [0.25, 0.3) is 11.5 Å². The summed E-state index contributed by atoms with van der Waals surface area (Å²) in [5.74, 6) is 1.23. The molecule has 0 aromatic carbocycles. The highest BCUT2D eigenvalue weighted by molar-refractivity contribution is 8.26. The van der Waals surface area contributed by atoms with E-state index in [0.29, 0.717) is 38.7 Å². The van der Waals surface area contributed by atoms with Gasteiger partial charge in [-0.05, 0) is 43.4 Å². The number of unbranched alkanes of at least 4 members (excludes halogenated alkanes) is 3. The number of carbonyl (C=O) groups is 1. The van der Waals surface area contributed by atoms with Gasteiger partial charge >= 0.3 is 0 Å². The maximum Gasteiger partial charge on any atom is 0.267 e. The zero-order chi connectivity index (χ0) is 22.7. The van der Waals surface area contributed by atoms with Gasteiger partial charge in [-0.3, -0.25) is 18.9 Å². The molecule has 170 valence electrons. The molecule has 2 fully saturated rings. The van der Waals surface area contributed by atoms with E-state index in [2.05, 4.69) is 18.7 Å². The molecular formula is C24H30N4O2S2. The minimum Gasteiger partial charge on any atom is -0.356 e. The van der Waals surface area contributed by atoms with Crippen molar-refractivity contribution in [3.8, 4) is 0 Å². The average Bonchev–Trinajstić information content (AvgIpc) is 3.06. The number of anilines is 1. The number of amides is 1. The van der Waals surface area contributed by atoms with Crippen LogP contribution in [0.5, 0.6) is 0 Å². The van der Waals surface area contributed by atoms with Crippen molar-refractivity contribution in [3.63, 3.8) is 0 Å². The predicted molar refractivity (Wildman–Crippen MR) is 136 cm³/mol. The number of thioether (sulfide) groups is 1. The van der Waals surface area contributed by atoms with Crippen LogP contribution in [0, 0.1) is 5.92 Å². The predicted octanol–water partition coefficient (Wildman–Crippen LogP) is 4.71. The van der Waals surface area contributed by atoms with Crippen LogP contribution in [0.25, 0.3) is 11.7 Å². The molecule has 0 aliphatic carbocycles. The van der Waals surface area contributed by atoms with E-state index in [9.17, 15) is 9.59 Å². The van der Waals surface area contributed by atoms with E-state index < -0.39 is 0 Å². The van der Waals surface area contributed by atoms with Gasteiger partial charge in [-0.1, -0.05) is 63.2 Å². The van der Waals surface area contributed by atoms with Gasteiger partial charge in [-0.15, -0.1) is 0 Å². The lowest BCUT2D eigenvalue weighted by atomic mass is 9.99. The molecule has 8 heteroatoms. The van der Waals surface area contributed by atoms with Gasteiger partial charge in [0, 0.05) is 25.8 Å². The van der Waals surface area contributed by atoms with Crippen LogP contribution < -0.4 is 10.5 Å². The molecule has 32 heavy (non-hydrogen) atoms. The summed E-state index contributed by atoms with van der Waals surface area (Å²) in [5, 5.41) is 0. The smallest absolute Gasteiger partial charge is 0.267 e. The van der Waals surface area contributed by atoms with Crippen molar-refractivity contribution in [2.24, 2.45) is 5.92 Å². The summed E-state index contributed by atoms with van der Waals surface area (Å²) in [6, 6.07) is 5.54. The van der Waals surface area contributed by atoms with Crippen LogP contribution in [-0.4, -0.2) is 44.1 Å². The first-order chi connectivity index (χ1) is 15.5. The highest BCUT2D eigenvalue weighted by atomic mass is 32.2. The molecule has 1 amide bonds. The molecule has 4 heterocycles. The fraction of sp³-hybridized carbons (Fsp3) is 0.500. The third kappa shape index (κ3) is 4.76. The Morgan fingerprint density at radius 1 is 1.19 bits per heavy atom. The second-order valence-electron chi connectivity index (χ2n) is 8.65. The minimum atomic E-state index is -0.155. The van der Waals surface area contributed by atoms with Crippen molar-refractivity contribution in [1.82, 2.24) is 14.3 Å². The second kappa shape index (κ2) is 10.2. The normalized spacial score (nSPS) is 19.0. The Kier molecular flexibility index (Phi) is 7.30. The van der Waals surface area contributed by atoms with Crippen molar-refractivity contribution in [2.45, 2.75) is 52.4 Å². The van der Waals surface area contributed by atoms with Crippen LogP contribution in [0.2, 0.25) is 0 Å². The van der Waals surface area contributed by atoms with Crippen LogP contribution >= 0.6 is 24.0 Å². The van der Waals surface area contributed by atoms with Crippen LogP contribution in [0.1, 0.15) is 57.9 Å². The molecule has 0 spiro atoms. The molecule has 0 atom stereocenters. The Hall–Kier alpha value is -2.19. The molecule has 2 aromatic rings. The lowest BCUT2D eigenvalue weighted by Gasteiger charge is -2.32. The van der Waals surface area contributed by atoms with Crippen LogP contribution in [-0.2, 0) is 4.79 Å². The summed E-state index contributed by atoms with van der Waals surface area (Å²) in [7, 11) is 0. The van der Waals surface area contributed by atoms with Gasteiger partial charge in [-0.25, -0.2) is 4.98 Å². The molecule has 2 aromatic heterocycles. The van der Waals surface area contributed by atoms with Gasteiger partial charge < -0.3 is 4.90 Å². The Bertz CT molecular complexity index is 1100. The first-order valence-electron chi connectivity index (χ1n) is 11.5. The van der Waals surface area contributed by atoms with Crippen LogP contribution in [0.3, 0.4) is 0 Å². The van der Waals surface area contributed by atoms with Gasteiger partial charge in [0.05, 0.1) is 10.5 Å². The Morgan fingerprint density at radius 2 is 1.97 bits per heavy atom. The number of thiocarbonyl (C=S) groups is 1. The summed E-state index contributed by atoms with van der Waals surface area (Å²) >= 11 is 6.77. The molecule has 0 unspecified atom stereocenters. The number of piperidine rings is 1. The number of pyridine rings is 1. The van der Waals surface area contributed by atoms with Crippen LogP contribution in [0.4, 0.5) is 5.82 Å². The number of fused-ring (bicyclic) bond motifs is 1. The maximum absolute atomic E-state index is 13.4. The molecule has 0 N–H and O–H groups in total. The van der Waals surface area contributed by atoms with E-state index in [4.69, 9.17) is 17.2 Å². The lowest BCUT2D eigenvalue weighted by molar-refractivity contribution is -0.122. The van der Waals surface area contributed by atoms with Gasteiger partial charge in [-0.2, -0.15) is 0 Å². The highest BCUT2D eigenvalue weighted by Gasteiger charge is 2.32. The Labute approximate surface area is 198 Å². The molecule has 6 nitrogen and oxygen atoms in total. The van der Waals surface area contributed by atoms with Crippen LogP contribution in [0.15, 0.2) is 34.1 Å². The summed E-state index contributed by atoms with van der Waals surface area (Å²) in [5.41, 5.74) is 0.930. The largest absolute Gasteiger partial charge is 0.356 e. The topological polar surface area (TPSA) is 57.9 Å². The first-order valence-corrected chi connectivity index (χ1v) is 12.7. The van der Waals surface area contributed by atoms with Gasteiger partial charge in [0.2, 0.25) is 0 Å².